The van der Waals surface area contributed by atoms with Crippen molar-refractivity contribution in [3.8, 4) is 28.3 Å². The normalized spacial score (nSPS) is 11.8. The van der Waals surface area contributed by atoms with Gasteiger partial charge in [-0.3, -0.25) is 0 Å². The third-order valence-electron chi connectivity index (χ3n) is 4.43. The number of rotatable bonds is 3. The molecule has 0 amide bonds. The molecule has 0 saturated carbocycles. The Balaban J connectivity index is 1.92. The van der Waals surface area contributed by atoms with Crippen molar-refractivity contribution in [2.24, 2.45) is 0 Å². The number of aromatic nitrogens is 3. The van der Waals surface area contributed by atoms with Crippen molar-refractivity contribution in [1.29, 1.82) is 0 Å². The van der Waals surface area contributed by atoms with Gasteiger partial charge in [0.15, 0.2) is 11.5 Å². The number of nitrogens with zero attached hydrogens (tertiary/aromatic N) is 3. The summed E-state index contributed by atoms with van der Waals surface area (Å²) in [7, 11) is 0. The molecule has 0 fully saturated rings. The lowest BCUT2D eigenvalue weighted by Gasteiger charge is -2.12. The Kier molecular flexibility index (Phi) is 4.97. The minimum absolute atomic E-state index is 0.0206. The highest BCUT2D eigenvalue weighted by Gasteiger charge is 2.41. The molecule has 0 atom stereocenters. The average molecular weight is 484 g/mol. The number of aryl methyl sites for hydroxylation is 1. The maximum atomic E-state index is 14.3. The maximum absolute atomic E-state index is 14.3. The van der Waals surface area contributed by atoms with Crippen LogP contribution in [0.3, 0.4) is 0 Å². The van der Waals surface area contributed by atoms with Crippen LogP contribution in [0.2, 0.25) is 0 Å². The second-order valence-electron chi connectivity index (χ2n) is 6.40. The summed E-state index contributed by atoms with van der Waals surface area (Å²) in [4.78, 5) is 0. The summed E-state index contributed by atoms with van der Waals surface area (Å²) in [5.41, 5.74) is -1.07. The summed E-state index contributed by atoms with van der Waals surface area (Å²) < 4.78 is 75.4. The summed E-state index contributed by atoms with van der Waals surface area (Å²) in [5.74, 6) is -1.58. The SMILES string of the molecule is Cc1cccc(F)c1-c1noc(-c2cnn(-c3cccc(F)c3)c2C(F)(F)F)c1Br. The van der Waals surface area contributed by atoms with Gasteiger partial charge < -0.3 is 4.52 Å². The third kappa shape index (κ3) is 3.41. The van der Waals surface area contributed by atoms with E-state index in [-0.39, 0.29) is 27.2 Å². The highest BCUT2D eigenvalue weighted by Crippen LogP contribution is 2.44. The lowest BCUT2D eigenvalue weighted by Crippen LogP contribution is -2.14. The Morgan fingerprint density at radius 1 is 1.07 bits per heavy atom. The first-order valence-electron chi connectivity index (χ1n) is 8.50. The number of hydrogen-bond acceptors (Lipinski definition) is 3. The van der Waals surface area contributed by atoms with Gasteiger partial charge in [0.25, 0.3) is 0 Å². The highest BCUT2D eigenvalue weighted by molar-refractivity contribution is 9.10. The zero-order chi connectivity index (χ0) is 21.6. The van der Waals surface area contributed by atoms with Gasteiger partial charge in [-0.2, -0.15) is 18.3 Å². The molecule has 2 aromatic carbocycles. The lowest BCUT2D eigenvalue weighted by atomic mass is 10.0. The summed E-state index contributed by atoms with van der Waals surface area (Å²) in [6.07, 6.45) is -3.91. The average Bonchev–Trinajstić information content (AvgIpc) is 3.26. The van der Waals surface area contributed by atoms with Gasteiger partial charge in [-0.05, 0) is 52.7 Å². The zero-order valence-corrected chi connectivity index (χ0v) is 16.7. The van der Waals surface area contributed by atoms with E-state index in [0.29, 0.717) is 10.2 Å². The van der Waals surface area contributed by atoms with Crippen LogP contribution < -0.4 is 0 Å². The molecule has 30 heavy (non-hydrogen) atoms. The Morgan fingerprint density at radius 2 is 1.80 bits per heavy atom. The van der Waals surface area contributed by atoms with Crippen LogP contribution in [0.25, 0.3) is 28.3 Å². The molecule has 4 rings (SSSR count). The summed E-state index contributed by atoms with van der Waals surface area (Å²) in [6, 6.07) is 8.96. The largest absolute Gasteiger partial charge is 0.434 e. The summed E-state index contributed by atoms with van der Waals surface area (Å²) >= 11 is 3.18. The van der Waals surface area contributed by atoms with Gasteiger partial charge in [-0.1, -0.05) is 23.4 Å². The molecule has 0 aliphatic heterocycles. The van der Waals surface area contributed by atoms with E-state index >= 15 is 0 Å². The molecule has 0 unspecified atom stereocenters. The van der Waals surface area contributed by atoms with Crippen molar-refractivity contribution < 1.29 is 26.5 Å². The number of alkyl halides is 3. The predicted octanol–water partition coefficient (Wildman–Crippen LogP) is 6.56. The van der Waals surface area contributed by atoms with E-state index in [1.165, 1.54) is 24.3 Å². The van der Waals surface area contributed by atoms with Crippen molar-refractivity contribution in [3.05, 3.63) is 76.0 Å². The standard InChI is InChI=1S/C20H11BrF5N3O/c1-10-4-2-7-14(23)15(10)17-16(21)18(30-28-17)13-9-27-29(19(13)20(24,25)26)12-6-3-5-11(22)8-12/h2-9H,1H3. The highest BCUT2D eigenvalue weighted by atomic mass is 79.9. The van der Waals surface area contributed by atoms with E-state index in [0.717, 1.165) is 18.3 Å². The molecule has 154 valence electrons. The number of halogens is 6. The van der Waals surface area contributed by atoms with E-state index in [1.807, 2.05) is 0 Å². The molecular formula is C20H11BrF5N3O. The van der Waals surface area contributed by atoms with Gasteiger partial charge in [0.1, 0.15) is 17.3 Å². The minimum atomic E-state index is -4.85. The van der Waals surface area contributed by atoms with E-state index in [4.69, 9.17) is 4.52 Å². The fraction of sp³-hybridized carbons (Fsp3) is 0.100. The number of hydrogen-bond donors (Lipinski definition) is 0. The van der Waals surface area contributed by atoms with Gasteiger partial charge in [0.2, 0.25) is 0 Å². The van der Waals surface area contributed by atoms with Crippen LogP contribution in [0, 0.1) is 18.6 Å². The zero-order valence-electron chi connectivity index (χ0n) is 15.1. The first-order chi connectivity index (χ1) is 14.2. The predicted molar refractivity (Wildman–Crippen MR) is 102 cm³/mol. The van der Waals surface area contributed by atoms with Gasteiger partial charge in [0.05, 0.1) is 21.9 Å². The summed E-state index contributed by atoms with van der Waals surface area (Å²) in [6.45, 7) is 1.64. The Morgan fingerprint density at radius 3 is 2.47 bits per heavy atom. The molecule has 4 nitrogen and oxygen atoms in total. The van der Waals surface area contributed by atoms with E-state index in [2.05, 4.69) is 26.2 Å². The van der Waals surface area contributed by atoms with E-state index in [9.17, 15) is 22.0 Å². The van der Waals surface area contributed by atoms with Gasteiger partial charge in [-0.15, -0.1) is 0 Å². The molecule has 2 heterocycles. The van der Waals surface area contributed by atoms with Crippen LogP contribution in [-0.2, 0) is 6.18 Å². The van der Waals surface area contributed by atoms with Crippen molar-refractivity contribution in [2.75, 3.05) is 0 Å². The van der Waals surface area contributed by atoms with Crippen LogP contribution in [0.4, 0.5) is 22.0 Å². The van der Waals surface area contributed by atoms with Crippen LogP contribution in [0.5, 0.6) is 0 Å². The van der Waals surface area contributed by atoms with Crippen molar-refractivity contribution in [1.82, 2.24) is 14.9 Å². The lowest BCUT2D eigenvalue weighted by molar-refractivity contribution is -0.142. The Bertz CT molecular complexity index is 1230. The van der Waals surface area contributed by atoms with Crippen molar-refractivity contribution in [3.63, 3.8) is 0 Å². The van der Waals surface area contributed by atoms with Crippen LogP contribution in [0.1, 0.15) is 11.3 Å². The number of benzene rings is 2. The Labute approximate surface area is 175 Å². The maximum Gasteiger partial charge on any atom is 0.434 e. The molecule has 0 bridgehead atoms. The van der Waals surface area contributed by atoms with Crippen LogP contribution in [-0.4, -0.2) is 14.9 Å². The monoisotopic (exact) mass is 483 g/mol. The van der Waals surface area contributed by atoms with Gasteiger partial charge >= 0.3 is 6.18 Å². The molecule has 0 radical (unpaired) electrons. The smallest absolute Gasteiger partial charge is 0.354 e. The molecule has 0 spiro atoms. The Hall–Kier alpha value is -3.01. The fourth-order valence-electron chi connectivity index (χ4n) is 3.12. The van der Waals surface area contributed by atoms with Crippen LogP contribution in [0.15, 0.2) is 57.7 Å². The third-order valence-corrected chi connectivity index (χ3v) is 5.17. The van der Waals surface area contributed by atoms with E-state index < -0.39 is 29.1 Å². The quantitative estimate of drug-likeness (QED) is 0.310. The molecule has 10 heteroatoms. The molecule has 0 aliphatic rings. The first kappa shape index (κ1) is 20.3. The van der Waals surface area contributed by atoms with Crippen LogP contribution >= 0.6 is 15.9 Å². The molecule has 0 N–H and O–H groups in total. The molecule has 0 saturated heterocycles. The first-order valence-corrected chi connectivity index (χ1v) is 9.30. The molecular weight excluding hydrogens is 473 g/mol. The molecule has 2 aromatic heterocycles. The van der Waals surface area contributed by atoms with Gasteiger partial charge in [0, 0.05) is 5.56 Å². The second-order valence-corrected chi connectivity index (χ2v) is 7.20. The molecule has 0 aliphatic carbocycles. The van der Waals surface area contributed by atoms with E-state index in [1.54, 1.807) is 13.0 Å². The fourth-order valence-corrected chi connectivity index (χ4v) is 3.68. The second kappa shape index (κ2) is 7.35. The molecule has 4 aromatic rings. The summed E-state index contributed by atoms with van der Waals surface area (Å²) in [5, 5.41) is 7.55. The van der Waals surface area contributed by atoms with Crippen molar-refractivity contribution >= 4 is 15.9 Å². The topological polar surface area (TPSA) is 43.9 Å². The van der Waals surface area contributed by atoms with Crippen molar-refractivity contribution in [2.45, 2.75) is 13.1 Å². The van der Waals surface area contributed by atoms with Gasteiger partial charge in [-0.25, -0.2) is 13.5 Å². The minimum Gasteiger partial charge on any atom is -0.354 e.